The highest BCUT2D eigenvalue weighted by atomic mass is 35.5. The molecule has 4 nitrogen and oxygen atoms in total. The highest BCUT2D eigenvalue weighted by Gasteiger charge is 2.27. The van der Waals surface area contributed by atoms with Crippen molar-refractivity contribution >= 4 is 23.2 Å². The molecule has 1 aliphatic heterocycles. The van der Waals surface area contributed by atoms with E-state index < -0.39 is 0 Å². The van der Waals surface area contributed by atoms with Crippen molar-refractivity contribution in [3.8, 4) is 0 Å². The lowest BCUT2D eigenvalue weighted by molar-refractivity contribution is 0.0596. The van der Waals surface area contributed by atoms with E-state index in [9.17, 15) is 0 Å². The maximum Gasteiger partial charge on any atom is 0.0921 e. The van der Waals surface area contributed by atoms with Gasteiger partial charge in [0.05, 0.1) is 6.33 Å². The predicted octanol–water partition coefficient (Wildman–Crippen LogP) is 5.04. The molecular weight excluding hydrogens is 403 g/mol. The summed E-state index contributed by atoms with van der Waals surface area (Å²) in [5.74, 6) is 0. The molecule has 1 N–H and O–H groups in total. The summed E-state index contributed by atoms with van der Waals surface area (Å²) in [7, 11) is 0. The Morgan fingerprint density at radius 2 is 1.55 bits per heavy atom. The lowest BCUT2D eigenvalue weighted by atomic mass is 10.0. The molecule has 1 unspecified atom stereocenters. The van der Waals surface area contributed by atoms with E-state index in [4.69, 9.17) is 23.2 Å². The van der Waals surface area contributed by atoms with Gasteiger partial charge in [0.2, 0.25) is 0 Å². The molecule has 0 spiro atoms. The van der Waals surface area contributed by atoms with Crippen molar-refractivity contribution < 1.29 is 0 Å². The molecule has 2 heterocycles. The van der Waals surface area contributed by atoms with Crippen molar-refractivity contribution in [2.24, 2.45) is 0 Å². The molecule has 2 aromatic carbocycles. The number of halogens is 2. The number of hydrogen-bond donors (Lipinski definition) is 1. The van der Waals surface area contributed by atoms with Crippen LogP contribution in [0.2, 0.25) is 10.0 Å². The Hall–Kier alpha value is -1.85. The summed E-state index contributed by atoms with van der Waals surface area (Å²) in [6.07, 6.45) is 5.80. The fraction of sp³-hybridized carbons (Fsp3) is 0.348. The molecule has 0 saturated carbocycles. The number of nitrogens with one attached hydrogen (secondary N) is 1. The molecule has 152 valence electrons. The zero-order valence-corrected chi connectivity index (χ0v) is 17.9. The Morgan fingerprint density at radius 3 is 2.17 bits per heavy atom. The highest BCUT2D eigenvalue weighted by Crippen LogP contribution is 2.21. The van der Waals surface area contributed by atoms with E-state index in [-0.39, 0.29) is 0 Å². The van der Waals surface area contributed by atoms with Crippen molar-refractivity contribution in [1.82, 2.24) is 19.8 Å². The number of aromatic amines is 1. The molecule has 0 amide bonds. The quantitative estimate of drug-likeness (QED) is 0.572. The average Bonchev–Trinajstić information content (AvgIpc) is 3.25. The summed E-state index contributed by atoms with van der Waals surface area (Å²) >= 11 is 12.1. The largest absolute Gasteiger partial charge is 0.348 e. The number of H-pyrrole nitrogens is 1. The predicted molar refractivity (Wildman–Crippen MR) is 119 cm³/mol. The molecule has 6 heteroatoms. The number of imidazole rings is 1. The lowest BCUT2D eigenvalue weighted by Gasteiger charge is -2.41. The van der Waals surface area contributed by atoms with Crippen molar-refractivity contribution in [2.45, 2.75) is 32.0 Å². The minimum absolute atomic E-state index is 0.495. The number of aromatic nitrogens is 2. The van der Waals surface area contributed by atoms with E-state index >= 15 is 0 Å². The SMILES string of the molecule is Clc1ccc(CN2CCN(Cc3ccc(Cl)cc3)C(CCc3cnc[nH]3)C2)cc1. The number of piperazine rings is 1. The van der Waals surface area contributed by atoms with Crippen LogP contribution in [0, 0.1) is 0 Å². The zero-order chi connectivity index (χ0) is 20.1. The van der Waals surface area contributed by atoms with Gasteiger partial charge in [-0.25, -0.2) is 4.98 Å². The van der Waals surface area contributed by atoms with E-state index in [0.717, 1.165) is 55.6 Å². The third-order valence-corrected chi connectivity index (χ3v) is 6.11. The minimum atomic E-state index is 0.495. The Kier molecular flexibility index (Phi) is 6.88. The topological polar surface area (TPSA) is 35.2 Å². The Labute approximate surface area is 182 Å². The summed E-state index contributed by atoms with van der Waals surface area (Å²) in [4.78, 5) is 12.6. The maximum absolute atomic E-state index is 6.06. The molecule has 3 aromatic rings. The fourth-order valence-corrected chi connectivity index (χ4v) is 4.25. The van der Waals surface area contributed by atoms with Gasteiger partial charge in [0, 0.05) is 60.7 Å². The van der Waals surface area contributed by atoms with Crippen LogP contribution in [0.1, 0.15) is 23.2 Å². The first kappa shape index (κ1) is 20.4. The van der Waals surface area contributed by atoms with Crippen molar-refractivity contribution in [3.05, 3.63) is 87.9 Å². The van der Waals surface area contributed by atoms with Gasteiger partial charge < -0.3 is 4.98 Å². The molecule has 1 aliphatic rings. The van der Waals surface area contributed by atoms with Gasteiger partial charge in [0.25, 0.3) is 0 Å². The number of hydrogen-bond acceptors (Lipinski definition) is 3. The monoisotopic (exact) mass is 428 g/mol. The van der Waals surface area contributed by atoms with Gasteiger partial charge in [-0.15, -0.1) is 0 Å². The van der Waals surface area contributed by atoms with E-state index in [1.54, 1.807) is 6.33 Å². The van der Waals surface area contributed by atoms with E-state index in [0.29, 0.717) is 6.04 Å². The molecule has 1 aromatic heterocycles. The Balaban J connectivity index is 1.42. The number of rotatable bonds is 7. The Morgan fingerprint density at radius 1 is 0.897 bits per heavy atom. The van der Waals surface area contributed by atoms with Crippen LogP contribution in [0.3, 0.4) is 0 Å². The molecule has 29 heavy (non-hydrogen) atoms. The van der Waals surface area contributed by atoms with E-state index in [1.165, 1.54) is 16.8 Å². The van der Waals surface area contributed by atoms with Crippen molar-refractivity contribution in [3.63, 3.8) is 0 Å². The van der Waals surface area contributed by atoms with Crippen LogP contribution in [0.25, 0.3) is 0 Å². The highest BCUT2D eigenvalue weighted by molar-refractivity contribution is 6.30. The Bertz CT molecular complexity index is 878. The van der Waals surface area contributed by atoms with Crippen molar-refractivity contribution in [2.75, 3.05) is 19.6 Å². The summed E-state index contributed by atoms with van der Waals surface area (Å²) in [5, 5.41) is 1.58. The summed E-state index contributed by atoms with van der Waals surface area (Å²) < 4.78 is 0. The van der Waals surface area contributed by atoms with Gasteiger partial charge in [-0.1, -0.05) is 47.5 Å². The third kappa shape index (κ3) is 5.83. The first-order valence-electron chi connectivity index (χ1n) is 10.1. The van der Waals surface area contributed by atoms with E-state index in [2.05, 4.69) is 44.0 Å². The summed E-state index contributed by atoms with van der Waals surface area (Å²) in [5.41, 5.74) is 3.83. The van der Waals surface area contributed by atoms with Crippen LogP contribution in [0.4, 0.5) is 0 Å². The second-order valence-electron chi connectivity index (χ2n) is 7.73. The van der Waals surface area contributed by atoms with Gasteiger partial charge in [-0.3, -0.25) is 9.80 Å². The number of benzene rings is 2. The molecule has 0 bridgehead atoms. The molecule has 0 radical (unpaired) electrons. The second kappa shape index (κ2) is 9.77. The molecule has 0 aliphatic carbocycles. The smallest absolute Gasteiger partial charge is 0.0921 e. The normalized spacial score (nSPS) is 18.2. The maximum atomic E-state index is 6.06. The van der Waals surface area contributed by atoms with E-state index in [1.807, 2.05) is 30.5 Å². The van der Waals surface area contributed by atoms with Gasteiger partial charge in [0.15, 0.2) is 0 Å². The number of aryl methyl sites for hydroxylation is 1. The molecular formula is C23H26Cl2N4. The molecule has 4 rings (SSSR count). The lowest BCUT2D eigenvalue weighted by Crippen LogP contribution is -2.52. The molecule has 1 saturated heterocycles. The summed E-state index contributed by atoms with van der Waals surface area (Å²) in [6.45, 7) is 5.11. The van der Waals surface area contributed by atoms with Crippen LogP contribution >= 0.6 is 23.2 Å². The van der Waals surface area contributed by atoms with Gasteiger partial charge >= 0.3 is 0 Å². The first-order chi connectivity index (χ1) is 14.2. The number of nitrogens with zero attached hydrogens (tertiary/aromatic N) is 3. The van der Waals surface area contributed by atoms with Crippen LogP contribution in [0.5, 0.6) is 0 Å². The van der Waals surface area contributed by atoms with Gasteiger partial charge in [0.1, 0.15) is 0 Å². The summed E-state index contributed by atoms with van der Waals surface area (Å²) in [6, 6.07) is 16.9. The average molecular weight is 429 g/mol. The van der Waals surface area contributed by atoms with Gasteiger partial charge in [-0.05, 0) is 48.2 Å². The first-order valence-corrected chi connectivity index (χ1v) is 10.8. The standard InChI is InChI=1S/C23H26Cl2N4/c24-20-5-1-18(2-6-20)14-28-11-12-29(15-19-3-7-21(25)8-4-19)23(16-28)10-9-22-13-26-17-27-22/h1-8,13,17,23H,9-12,14-16H2,(H,26,27). The third-order valence-electron chi connectivity index (χ3n) is 5.61. The van der Waals surface area contributed by atoms with Crippen LogP contribution in [-0.2, 0) is 19.5 Å². The fourth-order valence-electron chi connectivity index (χ4n) is 4.00. The van der Waals surface area contributed by atoms with Crippen LogP contribution in [0.15, 0.2) is 61.1 Å². The zero-order valence-electron chi connectivity index (χ0n) is 16.4. The van der Waals surface area contributed by atoms with Crippen molar-refractivity contribution in [1.29, 1.82) is 0 Å². The van der Waals surface area contributed by atoms with Gasteiger partial charge in [-0.2, -0.15) is 0 Å². The minimum Gasteiger partial charge on any atom is -0.348 e. The van der Waals surface area contributed by atoms with Crippen LogP contribution < -0.4 is 0 Å². The van der Waals surface area contributed by atoms with Crippen LogP contribution in [-0.4, -0.2) is 45.4 Å². The second-order valence-corrected chi connectivity index (χ2v) is 8.60. The molecule has 1 fully saturated rings. The molecule has 1 atom stereocenters.